The molecule has 0 aromatic carbocycles. The minimum Gasteiger partial charge on any atom is -0.455 e. The molecule has 0 radical (unpaired) electrons. The molecule has 136 valence electrons. The highest BCUT2D eigenvalue weighted by atomic mass is 32.2. The van der Waals surface area contributed by atoms with Crippen LogP contribution in [0.25, 0.3) is 0 Å². The minimum atomic E-state index is -0.205. The van der Waals surface area contributed by atoms with Crippen LogP contribution in [0.2, 0.25) is 0 Å². The van der Waals surface area contributed by atoms with Crippen LogP contribution in [0, 0.1) is 13.8 Å². The van der Waals surface area contributed by atoms with Crippen molar-refractivity contribution in [3.05, 3.63) is 41.1 Å². The third kappa shape index (κ3) is 6.88. The van der Waals surface area contributed by atoms with Gasteiger partial charge in [0.15, 0.2) is 10.9 Å². The van der Waals surface area contributed by atoms with E-state index in [0.717, 1.165) is 23.6 Å². The number of nitrogens with one attached hydrogen (secondary N) is 1. The zero-order chi connectivity index (χ0) is 18.2. The van der Waals surface area contributed by atoms with Crippen molar-refractivity contribution < 1.29 is 13.9 Å². The Morgan fingerprint density at radius 1 is 1.28 bits per heavy atom. The smallest absolute Gasteiger partial charge is 0.286 e. The molecular formula is C18H25N3O3S. The quantitative estimate of drug-likeness (QED) is 0.417. The number of ether oxygens (including phenoxy) is 1. The van der Waals surface area contributed by atoms with Crippen molar-refractivity contribution >= 4 is 17.7 Å². The van der Waals surface area contributed by atoms with Crippen LogP contribution in [0.1, 0.15) is 48.0 Å². The molecule has 1 N–H and O–H groups in total. The molecule has 0 spiro atoms. The van der Waals surface area contributed by atoms with Crippen molar-refractivity contribution in [2.24, 2.45) is 0 Å². The van der Waals surface area contributed by atoms with E-state index in [-0.39, 0.29) is 12.0 Å². The van der Waals surface area contributed by atoms with Gasteiger partial charge in [-0.05, 0) is 52.3 Å². The number of furan rings is 1. The van der Waals surface area contributed by atoms with Gasteiger partial charge in [0.05, 0.1) is 11.9 Å². The van der Waals surface area contributed by atoms with Crippen molar-refractivity contribution in [1.82, 2.24) is 15.3 Å². The van der Waals surface area contributed by atoms with E-state index in [0.29, 0.717) is 29.8 Å². The average Bonchev–Trinajstić information content (AvgIpc) is 3.00. The zero-order valence-electron chi connectivity index (χ0n) is 15.2. The first-order valence-electron chi connectivity index (χ1n) is 8.37. The summed E-state index contributed by atoms with van der Waals surface area (Å²) >= 11 is 1.49. The van der Waals surface area contributed by atoms with E-state index in [4.69, 9.17) is 9.15 Å². The van der Waals surface area contributed by atoms with Crippen molar-refractivity contribution in [1.29, 1.82) is 0 Å². The molecule has 7 heteroatoms. The molecule has 0 bridgehead atoms. The van der Waals surface area contributed by atoms with E-state index < -0.39 is 0 Å². The molecule has 2 aromatic heterocycles. The number of thioether (sulfide) groups is 1. The summed E-state index contributed by atoms with van der Waals surface area (Å²) in [6.07, 6.45) is 0.985. The van der Waals surface area contributed by atoms with Crippen LogP contribution in [0.3, 0.4) is 0 Å². The molecule has 0 saturated heterocycles. The molecule has 2 rings (SSSR count). The second-order valence-electron chi connectivity index (χ2n) is 6.02. The standard InChI is InChI=1S/C18H25N3O3S/c1-12(2)23-9-5-8-19-17(22)16-7-6-15(24-16)11-25-18-20-13(3)10-14(4)21-18/h6-7,10,12H,5,8-9,11H2,1-4H3,(H,19,22). The van der Waals surface area contributed by atoms with Crippen LogP contribution in [0.4, 0.5) is 0 Å². The lowest BCUT2D eigenvalue weighted by molar-refractivity contribution is 0.0753. The van der Waals surface area contributed by atoms with Crippen LogP contribution in [0.5, 0.6) is 0 Å². The van der Waals surface area contributed by atoms with Gasteiger partial charge in [-0.3, -0.25) is 4.79 Å². The Balaban J connectivity index is 1.78. The third-order valence-corrected chi connectivity index (χ3v) is 4.12. The van der Waals surface area contributed by atoms with E-state index in [9.17, 15) is 4.79 Å². The Bertz CT molecular complexity index is 680. The monoisotopic (exact) mass is 363 g/mol. The zero-order valence-corrected chi connectivity index (χ0v) is 16.0. The Labute approximate surface area is 152 Å². The highest BCUT2D eigenvalue weighted by Crippen LogP contribution is 2.21. The molecule has 0 unspecified atom stereocenters. The van der Waals surface area contributed by atoms with Gasteiger partial charge in [0.1, 0.15) is 5.76 Å². The maximum Gasteiger partial charge on any atom is 0.286 e. The van der Waals surface area contributed by atoms with E-state index in [2.05, 4.69) is 15.3 Å². The van der Waals surface area contributed by atoms with Crippen molar-refractivity contribution in [2.75, 3.05) is 13.2 Å². The normalized spacial score (nSPS) is 11.1. The third-order valence-electron chi connectivity index (χ3n) is 3.25. The van der Waals surface area contributed by atoms with Crippen LogP contribution < -0.4 is 5.32 Å². The van der Waals surface area contributed by atoms with Gasteiger partial charge in [0, 0.05) is 24.5 Å². The summed E-state index contributed by atoms with van der Waals surface area (Å²) < 4.78 is 11.0. The molecule has 25 heavy (non-hydrogen) atoms. The fourth-order valence-electron chi connectivity index (χ4n) is 2.15. The van der Waals surface area contributed by atoms with Gasteiger partial charge >= 0.3 is 0 Å². The van der Waals surface area contributed by atoms with Crippen molar-refractivity contribution in [3.8, 4) is 0 Å². The first-order chi connectivity index (χ1) is 11.9. The maximum absolute atomic E-state index is 12.0. The van der Waals surface area contributed by atoms with Gasteiger partial charge in [-0.1, -0.05) is 11.8 Å². The highest BCUT2D eigenvalue weighted by Gasteiger charge is 2.11. The minimum absolute atomic E-state index is 0.205. The highest BCUT2D eigenvalue weighted by molar-refractivity contribution is 7.98. The summed E-state index contributed by atoms with van der Waals surface area (Å²) in [6.45, 7) is 9.06. The predicted octanol–water partition coefficient (Wildman–Crippen LogP) is 3.52. The number of hydrogen-bond donors (Lipinski definition) is 1. The van der Waals surface area contributed by atoms with E-state index >= 15 is 0 Å². The van der Waals surface area contributed by atoms with Gasteiger partial charge in [-0.25, -0.2) is 9.97 Å². The Hall–Kier alpha value is -1.86. The summed E-state index contributed by atoms with van der Waals surface area (Å²) in [4.78, 5) is 20.8. The van der Waals surface area contributed by atoms with E-state index in [1.54, 1.807) is 6.07 Å². The number of hydrogen-bond acceptors (Lipinski definition) is 6. The molecule has 0 fully saturated rings. The van der Waals surface area contributed by atoms with Crippen LogP contribution in [-0.4, -0.2) is 35.1 Å². The molecule has 0 atom stereocenters. The fraction of sp³-hybridized carbons (Fsp3) is 0.500. The fourth-order valence-corrected chi connectivity index (χ4v) is 3.00. The van der Waals surface area contributed by atoms with Gasteiger partial charge in [-0.2, -0.15) is 0 Å². The number of nitrogens with zero attached hydrogens (tertiary/aromatic N) is 2. The topological polar surface area (TPSA) is 77.2 Å². The van der Waals surface area contributed by atoms with Crippen LogP contribution >= 0.6 is 11.8 Å². The van der Waals surface area contributed by atoms with Gasteiger partial charge in [0.25, 0.3) is 5.91 Å². The Morgan fingerprint density at radius 2 is 2.00 bits per heavy atom. The summed E-state index contributed by atoms with van der Waals surface area (Å²) in [5.41, 5.74) is 1.88. The molecule has 6 nitrogen and oxygen atoms in total. The summed E-state index contributed by atoms with van der Waals surface area (Å²) in [5.74, 6) is 1.42. The molecule has 0 aliphatic rings. The van der Waals surface area contributed by atoms with E-state index in [1.165, 1.54) is 11.8 Å². The summed E-state index contributed by atoms with van der Waals surface area (Å²) in [5, 5.41) is 3.54. The molecule has 0 saturated carbocycles. The molecule has 2 aromatic rings. The lowest BCUT2D eigenvalue weighted by atomic mass is 10.4. The van der Waals surface area contributed by atoms with Gasteiger partial charge < -0.3 is 14.5 Å². The van der Waals surface area contributed by atoms with Crippen molar-refractivity contribution in [2.45, 2.75) is 51.1 Å². The number of rotatable bonds is 9. The number of aromatic nitrogens is 2. The van der Waals surface area contributed by atoms with Crippen molar-refractivity contribution in [3.63, 3.8) is 0 Å². The number of carbonyl (C=O) groups is 1. The Morgan fingerprint density at radius 3 is 2.68 bits per heavy atom. The molecule has 0 aliphatic heterocycles. The lowest BCUT2D eigenvalue weighted by Gasteiger charge is -2.07. The number of amides is 1. The average molecular weight is 363 g/mol. The Kier molecular flexibility index (Phi) is 7.46. The molecule has 0 aliphatic carbocycles. The first-order valence-corrected chi connectivity index (χ1v) is 9.36. The first kappa shape index (κ1) is 19.5. The van der Waals surface area contributed by atoms with E-state index in [1.807, 2.05) is 39.8 Å². The molecule has 1 amide bonds. The lowest BCUT2D eigenvalue weighted by Crippen LogP contribution is -2.25. The predicted molar refractivity (Wildman–Crippen MR) is 97.8 cm³/mol. The maximum atomic E-state index is 12.0. The van der Waals surface area contributed by atoms with Gasteiger partial charge in [-0.15, -0.1) is 0 Å². The molecule has 2 heterocycles. The number of carbonyl (C=O) groups excluding carboxylic acids is 1. The largest absolute Gasteiger partial charge is 0.455 e. The van der Waals surface area contributed by atoms with Crippen LogP contribution in [0.15, 0.2) is 27.8 Å². The second kappa shape index (κ2) is 9.58. The van der Waals surface area contributed by atoms with Gasteiger partial charge in [0.2, 0.25) is 0 Å². The second-order valence-corrected chi connectivity index (χ2v) is 6.96. The van der Waals surface area contributed by atoms with Crippen LogP contribution in [-0.2, 0) is 10.5 Å². The summed E-state index contributed by atoms with van der Waals surface area (Å²) in [6, 6.07) is 5.44. The molecular weight excluding hydrogens is 338 g/mol. The SMILES string of the molecule is Cc1cc(C)nc(SCc2ccc(C(=O)NCCCOC(C)C)o2)n1. The number of aryl methyl sites for hydroxylation is 2. The summed E-state index contributed by atoms with van der Waals surface area (Å²) in [7, 11) is 0.